The van der Waals surface area contributed by atoms with Gasteiger partial charge in [-0.2, -0.15) is 9.57 Å². The monoisotopic (exact) mass is 517 g/mol. The Labute approximate surface area is 221 Å². The van der Waals surface area contributed by atoms with Gasteiger partial charge in [0.25, 0.3) is 0 Å². The Bertz CT molecular complexity index is 1310. The molecule has 194 valence electrons. The number of hydrogen-bond donors (Lipinski definition) is 0. The number of hydrogen-bond acceptors (Lipinski definition) is 5. The first kappa shape index (κ1) is 26.9. The van der Waals surface area contributed by atoms with Crippen LogP contribution in [0, 0.1) is 11.3 Å². The lowest BCUT2D eigenvalue weighted by atomic mass is 10.0. The van der Waals surface area contributed by atoms with Gasteiger partial charge in [-0.05, 0) is 78.4 Å². The van der Waals surface area contributed by atoms with Gasteiger partial charge in [-0.25, -0.2) is 8.42 Å². The lowest BCUT2D eigenvalue weighted by molar-refractivity contribution is 0.254. The maximum Gasteiger partial charge on any atom is 0.243 e. The van der Waals surface area contributed by atoms with Gasteiger partial charge in [0.15, 0.2) is 0 Å². The zero-order chi connectivity index (χ0) is 26.4. The van der Waals surface area contributed by atoms with E-state index in [4.69, 9.17) is 10.00 Å². The molecule has 1 atom stereocenters. The molecule has 0 N–H and O–H groups in total. The third-order valence-corrected chi connectivity index (χ3v) is 9.00. The van der Waals surface area contributed by atoms with Crippen LogP contribution in [0.1, 0.15) is 43.7 Å². The van der Waals surface area contributed by atoms with Crippen LogP contribution in [-0.2, 0) is 10.0 Å². The normalized spacial score (nSPS) is 16.3. The van der Waals surface area contributed by atoms with E-state index in [1.807, 2.05) is 60.7 Å². The summed E-state index contributed by atoms with van der Waals surface area (Å²) in [5.41, 5.74) is 3.93. The minimum absolute atomic E-state index is 0.0227. The highest BCUT2D eigenvalue weighted by Crippen LogP contribution is 2.25. The zero-order valence-corrected chi connectivity index (χ0v) is 22.6. The molecule has 0 spiro atoms. The summed E-state index contributed by atoms with van der Waals surface area (Å²) in [4.78, 5) is 2.67. The van der Waals surface area contributed by atoms with Gasteiger partial charge in [0.05, 0.1) is 23.1 Å². The van der Waals surface area contributed by atoms with Crippen LogP contribution in [0.3, 0.4) is 0 Å². The molecule has 1 heterocycles. The largest absolute Gasteiger partial charge is 0.494 e. The molecule has 1 unspecified atom stereocenters. The van der Waals surface area contributed by atoms with Crippen molar-refractivity contribution in [3.8, 4) is 22.9 Å². The van der Waals surface area contributed by atoms with Crippen molar-refractivity contribution in [1.82, 2.24) is 9.21 Å². The van der Waals surface area contributed by atoms with Crippen LogP contribution >= 0.6 is 0 Å². The van der Waals surface area contributed by atoms with Crippen molar-refractivity contribution in [2.24, 2.45) is 0 Å². The molecule has 1 aliphatic rings. The molecule has 1 fully saturated rings. The molecule has 7 heteroatoms. The Hall–Kier alpha value is -3.18. The van der Waals surface area contributed by atoms with Gasteiger partial charge in [0, 0.05) is 26.2 Å². The van der Waals surface area contributed by atoms with Crippen molar-refractivity contribution >= 4 is 10.0 Å². The molecule has 3 aromatic rings. The highest BCUT2D eigenvalue weighted by Gasteiger charge is 2.33. The molecule has 3 aromatic carbocycles. The lowest BCUT2D eigenvalue weighted by Gasteiger charge is -2.24. The number of likely N-dealkylation sites (tertiary alicyclic amines) is 1. The van der Waals surface area contributed by atoms with Gasteiger partial charge in [0.1, 0.15) is 5.75 Å². The number of sulfonamides is 1. The van der Waals surface area contributed by atoms with Crippen molar-refractivity contribution in [1.29, 1.82) is 5.26 Å². The van der Waals surface area contributed by atoms with Gasteiger partial charge in [-0.15, -0.1) is 0 Å². The minimum Gasteiger partial charge on any atom is -0.494 e. The molecule has 4 rings (SSSR count). The van der Waals surface area contributed by atoms with Crippen molar-refractivity contribution in [2.75, 3.05) is 33.3 Å². The van der Waals surface area contributed by atoms with Crippen LogP contribution in [-0.4, -0.2) is 57.0 Å². The van der Waals surface area contributed by atoms with E-state index >= 15 is 0 Å². The molecule has 1 aliphatic heterocycles. The fraction of sp³-hybridized carbons (Fsp3) is 0.367. The smallest absolute Gasteiger partial charge is 0.243 e. The molecular weight excluding hydrogens is 482 g/mol. The summed E-state index contributed by atoms with van der Waals surface area (Å²) in [6, 6.07) is 24.9. The second-order valence-corrected chi connectivity index (χ2v) is 11.9. The van der Waals surface area contributed by atoms with Gasteiger partial charge in [-0.3, -0.25) is 0 Å². The average Bonchev–Trinajstić information content (AvgIpc) is 3.40. The first-order valence-corrected chi connectivity index (χ1v) is 14.3. The molecular formula is C30H35N3O3S. The van der Waals surface area contributed by atoms with Crippen LogP contribution in [0.15, 0.2) is 77.7 Å². The van der Waals surface area contributed by atoms with E-state index in [-0.39, 0.29) is 6.04 Å². The Balaban J connectivity index is 1.22. The molecule has 1 saturated heterocycles. The Morgan fingerprint density at radius 2 is 1.62 bits per heavy atom. The second kappa shape index (κ2) is 11.9. The Morgan fingerprint density at radius 3 is 2.22 bits per heavy atom. The summed E-state index contributed by atoms with van der Waals surface area (Å²) in [6.45, 7) is 7.30. The Morgan fingerprint density at radius 1 is 1.00 bits per heavy atom. The van der Waals surface area contributed by atoms with Crippen molar-refractivity contribution in [3.63, 3.8) is 0 Å². The summed E-state index contributed by atoms with van der Waals surface area (Å²) < 4.78 is 33.8. The van der Waals surface area contributed by atoms with Gasteiger partial charge in [0.2, 0.25) is 10.0 Å². The summed E-state index contributed by atoms with van der Waals surface area (Å²) in [5, 5.41) is 8.95. The molecule has 37 heavy (non-hydrogen) atoms. The van der Waals surface area contributed by atoms with Gasteiger partial charge < -0.3 is 9.64 Å². The predicted molar refractivity (Wildman–Crippen MR) is 147 cm³/mol. The van der Waals surface area contributed by atoms with Crippen LogP contribution in [0.5, 0.6) is 5.75 Å². The van der Waals surface area contributed by atoms with Crippen LogP contribution in [0.4, 0.5) is 0 Å². The number of nitrogens with zero attached hydrogens (tertiary/aromatic N) is 3. The van der Waals surface area contributed by atoms with E-state index in [1.165, 1.54) is 0 Å². The first-order valence-electron chi connectivity index (χ1n) is 12.8. The fourth-order valence-electron chi connectivity index (χ4n) is 4.66. The summed E-state index contributed by atoms with van der Waals surface area (Å²) >= 11 is 0. The third kappa shape index (κ3) is 6.58. The van der Waals surface area contributed by atoms with E-state index in [2.05, 4.69) is 24.8 Å². The molecule has 6 nitrogen and oxygen atoms in total. The molecule has 0 radical (unpaired) electrons. The quantitative estimate of drug-likeness (QED) is 0.332. The van der Waals surface area contributed by atoms with Crippen LogP contribution in [0.2, 0.25) is 0 Å². The van der Waals surface area contributed by atoms with Crippen LogP contribution < -0.4 is 4.74 Å². The standard InChI is InChI=1S/C30H35N3O3S/c1-23(2)25-11-15-30(16-12-25)37(34,35)32(3)28-17-19-33(22-28)18-4-20-36-29-13-9-27(10-14-29)26-7-5-24(21-31)6-8-26/h5-16,23,28H,4,17-20,22H2,1-3H3. The van der Waals surface area contributed by atoms with E-state index < -0.39 is 10.0 Å². The molecule has 0 bridgehead atoms. The number of rotatable bonds is 10. The van der Waals surface area contributed by atoms with Gasteiger partial charge in [-0.1, -0.05) is 50.2 Å². The first-order chi connectivity index (χ1) is 17.8. The fourth-order valence-corrected chi connectivity index (χ4v) is 6.04. The highest BCUT2D eigenvalue weighted by atomic mass is 32.2. The SMILES string of the molecule is CC(C)c1ccc(S(=O)(=O)N(C)C2CCN(CCCOc3ccc(-c4ccc(C#N)cc4)cc3)C2)cc1. The van der Waals surface area contributed by atoms with Crippen molar-refractivity contribution < 1.29 is 13.2 Å². The Kier molecular flexibility index (Phi) is 8.65. The topological polar surface area (TPSA) is 73.6 Å². The zero-order valence-electron chi connectivity index (χ0n) is 21.8. The summed E-state index contributed by atoms with van der Waals surface area (Å²) in [5.74, 6) is 1.20. The van der Waals surface area contributed by atoms with E-state index in [0.717, 1.165) is 54.9 Å². The van der Waals surface area contributed by atoms with Gasteiger partial charge >= 0.3 is 0 Å². The maximum atomic E-state index is 13.1. The molecule has 0 amide bonds. The molecule has 0 saturated carbocycles. The molecule has 0 aromatic heterocycles. The van der Waals surface area contributed by atoms with E-state index in [0.29, 0.717) is 23.0 Å². The summed E-state index contributed by atoms with van der Waals surface area (Å²) in [6.07, 6.45) is 1.70. The van der Waals surface area contributed by atoms with E-state index in [9.17, 15) is 8.42 Å². The number of ether oxygens (including phenoxy) is 1. The van der Waals surface area contributed by atoms with E-state index in [1.54, 1.807) is 23.5 Å². The number of nitriles is 1. The number of likely N-dealkylation sites (N-methyl/N-ethyl adjacent to an activating group) is 1. The second-order valence-electron chi connectivity index (χ2n) is 9.90. The van der Waals surface area contributed by atoms with Crippen molar-refractivity contribution in [3.05, 3.63) is 83.9 Å². The highest BCUT2D eigenvalue weighted by molar-refractivity contribution is 7.89. The molecule has 0 aliphatic carbocycles. The summed E-state index contributed by atoms with van der Waals surface area (Å²) in [7, 11) is -1.81. The average molecular weight is 518 g/mol. The predicted octanol–water partition coefficient (Wildman–Crippen LogP) is 5.51. The number of benzene rings is 3. The van der Waals surface area contributed by atoms with Crippen molar-refractivity contribution in [2.45, 2.75) is 43.5 Å². The minimum atomic E-state index is -3.51. The third-order valence-electron chi connectivity index (χ3n) is 7.07. The maximum absolute atomic E-state index is 13.1. The van der Waals surface area contributed by atoms with Crippen LogP contribution in [0.25, 0.3) is 11.1 Å². The lowest BCUT2D eigenvalue weighted by Crippen LogP contribution is -2.39.